The second kappa shape index (κ2) is 9.73. The number of carbonyl (C=O) groups is 3. The molecule has 30 heavy (non-hydrogen) atoms. The molecule has 164 valence electrons. The maximum atomic E-state index is 12.7. The number of likely N-dealkylation sites (tertiary alicyclic amines) is 2. The highest BCUT2D eigenvalue weighted by molar-refractivity contribution is 8.13. The van der Waals surface area contributed by atoms with E-state index in [1.807, 2.05) is 41.0 Å². The van der Waals surface area contributed by atoms with Crippen LogP contribution >= 0.6 is 11.8 Å². The first-order valence-electron chi connectivity index (χ1n) is 10.4. The maximum absolute atomic E-state index is 12.7. The summed E-state index contributed by atoms with van der Waals surface area (Å²) in [6.07, 6.45) is 2.77. The van der Waals surface area contributed by atoms with Crippen molar-refractivity contribution in [2.24, 2.45) is 11.3 Å². The standard InChI is InChI=1S/C22H31N3O4S/c1-16(14-30-17(2)26)20(27)25-13-10-22(15-25)8-11-24(12-9-22)21(28)23-18-6-4-5-7-19(18)29-3/h4-7,16H,8-15H2,1-3H3,(H,23,28). The van der Waals surface area contributed by atoms with E-state index in [4.69, 9.17) is 4.74 Å². The summed E-state index contributed by atoms with van der Waals surface area (Å²) in [5.74, 6) is 1.16. The number of piperidine rings is 1. The van der Waals surface area contributed by atoms with Gasteiger partial charge >= 0.3 is 6.03 Å². The Morgan fingerprint density at radius 1 is 1.13 bits per heavy atom. The van der Waals surface area contributed by atoms with E-state index < -0.39 is 0 Å². The number of para-hydroxylation sites is 2. The summed E-state index contributed by atoms with van der Waals surface area (Å²) in [6, 6.07) is 7.26. The molecule has 2 saturated heterocycles. The van der Waals surface area contributed by atoms with Gasteiger partial charge in [0.25, 0.3) is 0 Å². The fourth-order valence-electron chi connectivity index (χ4n) is 4.28. The molecule has 0 aliphatic carbocycles. The van der Waals surface area contributed by atoms with Crippen molar-refractivity contribution in [2.45, 2.75) is 33.1 Å². The summed E-state index contributed by atoms with van der Waals surface area (Å²) in [7, 11) is 1.59. The zero-order valence-corrected chi connectivity index (χ0v) is 18.8. The molecule has 8 heteroatoms. The minimum Gasteiger partial charge on any atom is -0.495 e. The highest BCUT2D eigenvalue weighted by Gasteiger charge is 2.43. The van der Waals surface area contributed by atoms with Gasteiger partial charge in [0, 0.05) is 44.8 Å². The van der Waals surface area contributed by atoms with E-state index in [1.54, 1.807) is 7.11 Å². The van der Waals surface area contributed by atoms with Gasteiger partial charge in [-0.05, 0) is 36.8 Å². The third kappa shape index (κ3) is 5.28. The number of anilines is 1. The van der Waals surface area contributed by atoms with Crippen LogP contribution in [0.25, 0.3) is 0 Å². The van der Waals surface area contributed by atoms with Gasteiger partial charge < -0.3 is 19.9 Å². The summed E-state index contributed by atoms with van der Waals surface area (Å²) < 4.78 is 5.30. The number of amides is 3. The summed E-state index contributed by atoms with van der Waals surface area (Å²) in [5.41, 5.74) is 0.768. The molecule has 2 heterocycles. The normalized spacial score (nSPS) is 18.9. The number of methoxy groups -OCH3 is 1. The number of thioether (sulfide) groups is 1. The number of hydrogen-bond donors (Lipinski definition) is 1. The molecule has 2 aliphatic rings. The molecule has 1 N–H and O–H groups in total. The van der Waals surface area contributed by atoms with E-state index in [1.165, 1.54) is 18.7 Å². The monoisotopic (exact) mass is 433 g/mol. The lowest BCUT2D eigenvalue weighted by Gasteiger charge is -2.39. The first kappa shape index (κ1) is 22.5. The zero-order valence-electron chi connectivity index (χ0n) is 18.0. The van der Waals surface area contributed by atoms with Crippen molar-refractivity contribution in [1.29, 1.82) is 0 Å². The second-order valence-electron chi connectivity index (χ2n) is 8.33. The van der Waals surface area contributed by atoms with Crippen molar-refractivity contribution in [3.05, 3.63) is 24.3 Å². The Morgan fingerprint density at radius 3 is 2.40 bits per heavy atom. The molecule has 0 saturated carbocycles. The van der Waals surface area contributed by atoms with Crippen molar-refractivity contribution in [1.82, 2.24) is 9.80 Å². The number of benzene rings is 1. The van der Waals surface area contributed by atoms with Crippen molar-refractivity contribution in [3.8, 4) is 5.75 Å². The van der Waals surface area contributed by atoms with Crippen molar-refractivity contribution < 1.29 is 19.1 Å². The van der Waals surface area contributed by atoms with E-state index >= 15 is 0 Å². The molecule has 2 fully saturated rings. The molecule has 1 atom stereocenters. The van der Waals surface area contributed by atoms with Gasteiger partial charge in [-0.3, -0.25) is 9.59 Å². The SMILES string of the molecule is COc1ccccc1NC(=O)N1CCC2(CC1)CCN(C(=O)C(C)CSC(C)=O)C2. The predicted octanol–water partition coefficient (Wildman–Crippen LogP) is 3.46. The van der Waals surface area contributed by atoms with E-state index in [2.05, 4.69) is 5.32 Å². The third-order valence-corrected chi connectivity index (χ3v) is 7.24. The lowest BCUT2D eigenvalue weighted by molar-refractivity contribution is -0.133. The van der Waals surface area contributed by atoms with Gasteiger partial charge in [0.2, 0.25) is 5.91 Å². The summed E-state index contributed by atoms with van der Waals surface area (Å²) in [5, 5.41) is 2.99. The third-order valence-electron chi connectivity index (χ3n) is 6.17. The zero-order chi connectivity index (χ0) is 21.7. The van der Waals surface area contributed by atoms with Crippen LogP contribution < -0.4 is 10.1 Å². The van der Waals surface area contributed by atoms with E-state index in [0.717, 1.165) is 32.4 Å². The molecule has 3 rings (SSSR count). The van der Waals surface area contributed by atoms with Crippen LogP contribution in [0.2, 0.25) is 0 Å². The Bertz CT molecular complexity index is 792. The molecular formula is C22H31N3O4S. The molecule has 0 aromatic heterocycles. The first-order chi connectivity index (χ1) is 14.3. The van der Waals surface area contributed by atoms with Gasteiger partial charge in [-0.15, -0.1) is 0 Å². The molecule has 1 unspecified atom stereocenters. The minimum absolute atomic E-state index is 0.0475. The summed E-state index contributed by atoms with van der Waals surface area (Å²) >= 11 is 1.21. The Kier molecular flexibility index (Phi) is 7.28. The summed E-state index contributed by atoms with van der Waals surface area (Å²) in [4.78, 5) is 40.4. The van der Waals surface area contributed by atoms with Crippen LogP contribution in [0.5, 0.6) is 5.75 Å². The van der Waals surface area contributed by atoms with Gasteiger partial charge in [-0.25, -0.2) is 4.79 Å². The molecule has 1 aromatic rings. The van der Waals surface area contributed by atoms with Gasteiger partial charge in [0.05, 0.1) is 12.8 Å². The Morgan fingerprint density at radius 2 is 1.77 bits per heavy atom. The van der Waals surface area contributed by atoms with E-state index in [0.29, 0.717) is 30.3 Å². The van der Waals surface area contributed by atoms with E-state index in [-0.39, 0.29) is 28.4 Å². The van der Waals surface area contributed by atoms with Crippen LogP contribution in [0.1, 0.15) is 33.1 Å². The van der Waals surface area contributed by atoms with Crippen LogP contribution in [-0.4, -0.2) is 65.9 Å². The van der Waals surface area contributed by atoms with Crippen LogP contribution in [-0.2, 0) is 9.59 Å². The molecule has 1 aromatic carbocycles. The topological polar surface area (TPSA) is 79.0 Å². The van der Waals surface area contributed by atoms with Crippen LogP contribution in [0.4, 0.5) is 10.5 Å². The number of ether oxygens (including phenoxy) is 1. The number of nitrogens with zero attached hydrogens (tertiary/aromatic N) is 2. The van der Waals surface area contributed by atoms with Crippen LogP contribution in [0, 0.1) is 11.3 Å². The van der Waals surface area contributed by atoms with Crippen molar-refractivity contribution in [3.63, 3.8) is 0 Å². The Hall–Kier alpha value is -2.22. The largest absolute Gasteiger partial charge is 0.495 e. The first-order valence-corrected chi connectivity index (χ1v) is 11.4. The number of hydrogen-bond acceptors (Lipinski definition) is 5. The fraction of sp³-hybridized carbons (Fsp3) is 0.591. The van der Waals surface area contributed by atoms with Gasteiger partial charge in [-0.2, -0.15) is 0 Å². The van der Waals surface area contributed by atoms with Crippen LogP contribution in [0.3, 0.4) is 0 Å². The van der Waals surface area contributed by atoms with Gasteiger partial charge in [0.15, 0.2) is 5.12 Å². The highest BCUT2D eigenvalue weighted by atomic mass is 32.2. The highest BCUT2D eigenvalue weighted by Crippen LogP contribution is 2.41. The lowest BCUT2D eigenvalue weighted by atomic mass is 9.78. The number of carbonyl (C=O) groups excluding carboxylic acids is 3. The Balaban J connectivity index is 1.51. The smallest absolute Gasteiger partial charge is 0.321 e. The molecule has 0 radical (unpaired) electrons. The number of urea groups is 1. The van der Waals surface area contributed by atoms with Crippen LogP contribution in [0.15, 0.2) is 24.3 Å². The van der Waals surface area contributed by atoms with E-state index in [9.17, 15) is 14.4 Å². The lowest BCUT2D eigenvalue weighted by Crippen LogP contribution is -2.46. The minimum atomic E-state index is -0.152. The maximum Gasteiger partial charge on any atom is 0.321 e. The quantitative estimate of drug-likeness (QED) is 0.769. The Labute approximate surface area is 182 Å². The predicted molar refractivity (Wildman–Crippen MR) is 119 cm³/mol. The molecule has 3 amide bonds. The molecular weight excluding hydrogens is 402 g/mol. The average Bonchev–Trinajstić information content (AvgIpc) is 3.15. The average molecular weight is 434 g/mol. The van der Waals surface area contributed by atoms with Crippen molar-refractivity contribution >= 4 is 34.5 Å². The van der Waals surface area contributed by atoms with Gasteiger partial charge in [-0.1, -0.05) is 30.8 Å². The molecule has 7 nitrogen and oxygen atoms in total. The van der Waals surface area contributed by atoms with Crippen molar-refractivity contribution in [2.75, 3.05) is 44.4 Å². The molecule has 1 spiro atoms. The van der Waals surface area contributed by atoms with Gasteiger partial charge in [0.1, 0.15) is 5.75 Å². The summed E-state index contributed by atoms with van der Waals surface area (Å²) in [6.45, 7) is 6.31. The second-order valence-corrected chi connectivity index (χ2v) is 9.53. The molecule has 2 aliphatic heterocycles. The molecule has 0 bridgehead atoms. The number of rotatable bonds is 5. The number of nitrogens with one attached hydrogen (secondary N) is 1. The fourth-order valence-corrected chi connectivity index (χ4v) is 4.91.